The second kappa shape index (κ2) is 10.7. The number of aliphatic hydroxyl groups excluding tert-OH is 1. The number of carbonyl (C=O) groups excluding carboxylic acids is 1. The molecule has 0 spiro atoms. The number of fused-ring (bicyclic) bond motifs is 3. The fraction of sp³-hybridized carbons (Fsp3) is 0.200. The van der Waals surface area contributed by atoms with E-state index < -0.39 is 13.3 Å². The van der Waals surface area contributed by atoms with Crippen molar-refractivity contribution in [3.05, 3.63) is 72.6 Å². The van der Waals surface area contributed by atoms with Crippen molar-refractivity contribution in [3.8, 4) is 11.3 Å². The number of allylic oxidation sites excluding steroid dienone is 2. The van der Waals surface area contributed by atoms with Crippen LogP contribution < -0.4 is 4.40 Å². The zero-order chi connectivity index (χ0) is 21.9. The third-order valence-electron chi connectivity index (χ3n) is 4.60. The Morgan fingerprint density at radius 1 is 1.03 bits per heavy atom. The van der Waals surface area contributed by atoms with Crippen LogP contribution in [0.2, 0.25) is 17.3 Å². The molecular weight excluding hydrogens is 643 g/mol. The number of nitrogens with zero attached hydrogens (tertiary/aromatic N) is 1. The number of rotatable bonds is 3. The molecule has 0 saturated carbocycles. The molecule has 31 heavy (non-hydrogen) atoms. The topological polar surface area (TPSA) is 50.2 Å². The molecule has 2 aromatic heterocycles. The molecule has 0 bridgehead atoms. The molecule has 0 unspecified atom stereocenters. The molecule has 0 aliphatic heterocycles. The van der Waals surface area contributed by atoms with Crippen LogP contribution in [-0.2, 0) is 24.9 Å². The van der Waals surface area contributed by atoms with Gasteiger partial charge in [0.05, 0.1) is 5.76 Å². The number of hydrogen-bond donors (Lipinski definition) is 1. The minimum Gasteiger partial charge on any atom is 0 e. The monoisotopic (exact) mass is 671 g/mol. The van der Waals surface area contributed by atoms with Crippen molar-refractivity contribution < 1.29 is 30.0 Å². The summed E-state index contributed by atoms with van der Waals surface area (Å²) in [7, 11) is 0. The van der Waals surface area contributed by atoms with Gasteiger partial charge in [-0.3, -0.25) is 4.79 Å². The maximum absolute atomic E-state index is 10.0. The molecule has 0 fully saturated rings. The molecule has 2 heterocycles. The van der Waals surface area contributed by atoms with E-state index in [0.29, 0.717) is 0 Å². The molecule has 163 valence electrons. The molecule has 4 rings (SSSR count). The third kappa shape index (κ3) is 6.13. The minimum absolute atomic E-state index is 0. The van der Waals surface area contributed by atoms with Crippen LogP contribution in [0.1, 0.15) is 13.8 Å². The fourth-order valence-corrected chi connectivity index (χ4v) is 9.43. The molecule has 1 radical (unpaired) electrons. The predicted molar refractivity (Wildman–Crippen MR) is 131 cm³/mol. The van der Waals surface area contributed by atoms with E-state index in [4.69, 9.17) is 5.11 Å². The largest absolute Gasteiger partial charge is 0 e. The Bertz CT molecular complexity index is 1220. The number of ketones is 1. The quantitative estimate of drug-likeness (QED) is 0.117. The molecular formula is C25H26GeIrNO2S-. The Hall–Kier alpha value is -1.79. The van der Waals surface area contributed by atoms with Gasteiger partial charge >= 0.3 is 143 Å². The molecule has 1 N–H and O–H groups in total. The summed E-state index contributed by atoms with van der Waals surface area (Å²) < 4.78 is 4.33. The Morgan fingerprint density at radius 2 is 1.74 bits per heavy atom. The van der Waals surface area contributed by atoms with E-state index in [2.05, 4.69) is 64.7 Å². The summed E-state index contributed by atoms with van der Waals surface area (Å²) >= 11 is -0.00154. The fourth-order valence-electron chi connectivity index (χ4n) is 3.34. The van der Waals surface area contributed by atoms with Crippen molar-refractivity contribution in [3.63, 3.8) is 0 Å². The van der Waals surface area contributed by atoms with Crippen LogP contribution in [0, 0.1) is 6.07 Å². The average molecular weight is 669 g/mol. The summed E-state index contributed by atoms with van der Waals surface area (Å²) in [6.45, 7) is 2.85. The molecule has 0 amide bonds. The minimum atomic E-state index is -1.90. The van der Waals surface area contributed by atoms with Crippen molar-refractivity contribution in [2.75, 3.05) is 0 Å². The van der Waals surface area contributed by atoms with E-state index >= 15 is 0 Å². The van der Waals surface area contributed by atoms with Gasteiger partial charge in [0.1, 0.15) is 0 Å². The van der Waals surface area contributed by atoms with Gasteiger partial charge in [0.15, 0.2) is 5.78 Å². The van der Waals surface area contributed by atoms with Crippen molar-refractivity contribution in [2.45, 2.75) is 31.1 Å². The molecule has 3 nitrogen and oxygen atoms in total. The Kier molecular flexibility index (Phi) is 8.78. The number of hydrogen-bond acceptors (Lipinski definition) is 4. The van der Waals surface area contributed by atoms with Crippen LogP contribution in [0.4, 0.5) is 0 Å². The van der Waals surface area contributed by atoms with Crippen molar-refractivity contribution in [1.82, 2.24) is 4.98 Å². The first-order valence-electron chi connectivity index (χ1n) is 9.84. The molecule has 4 aromatic rings. The summed E-state index contributed by atoms with van der Waals surface area (Å²) in [6, 6.07) is 20.4. The molecule has 0 aliphatic rings. The molecule has 6 heteroatoms. The van der Waals surface area contributed by atoms with Crippen LogP contribution >= 0.6 is 11.3 Å². The normalized spacial score (nSPS) is 11.6. The molecule has 0 saturated heterocycles. The van der Waals surface area contributed by atoms with Crippen LogP contribution in [0.5, 0.6) is 0 Å². The number of thiophene rings is 1. The summed E-state index contributed by atoms with van der Waals surface area (Å²) in [4.78, 5) is 14.7. The second-order valence-corrected chi connectivity index (χ2v) is 19.8. The summed E-state index contributed by atoms with van der Waals surface area (Å²) in [5, 5.41) is 11.1. The summed E-state index contributed by atoms with van der Waals surface area (Å²) in [5.41, 5.74) is 2.13. The smallest absolute Gasteiger partial charge is 0 e. The van der Waals surface area contributed by atoms with Crippen LogP contribution in [0.25, 0.3) is 31.4 Å². The first-order valence-corrected chi connectivity index (χ1v) is 18.0. The second-order valence-electron chi connectivity index (χ2n) is 8.24. The predicted octanol–water partition coefficient (Wildman–Crippen LogP) is 6.50. The van der Waals surface area contributed by atoms with Crippen molar-refractivity contribution in [2.24, 2.45) is 0 Å². The first-order chi connectivity index (χ1) is 14.2. The third-order valence-corrected chi connectivity index (χ3v) is 10.5. The standard InChI is InChI=1S/C20H18GeNS.C5H8O2.Ir/c1-21(2,3)17-11-7-10-15-16-12-13-22-18(20(16)23-19(15)17)14-8-5-4-6-9-14;1-4(6)3-5(2)7;/h4-8,10-13H,1-3H3;3,6H,1-2H3;/q-1;;/b;4-3-;. The van der Waals surface area contributed by atoms with Crippen molar-refractivity contribution in [1.29, 1.82) is 0 Å². The Morgan fingerprint density at radius 3 is 2.29 bits per heavy atom. The first kappa shape index (κ1) is 25.5. The Balaban J connectivity index is 0.000000373. The van der Waals surface area contributed by atoms with Gasteiger partial charge in [-0.05, 0) is 13.8 Å². The average Bonchev–Trinajstić information content (AvgIpc) is 3.06. The van der Waals surface area contributed by atoms with E-state index in [9.17, 15) is 4.79 Å². The van der Waals surface area contributed by atoms with E-state index in [-0.39, 0.29) is 31.6 Å². The number of pyridine rings is 1. The molecule has 2 aromatic carbocycles. The van der Waals surface area contributed by atoms with Crippen LogP contribution in [-0.4, -0.2) is 29.1 Å². The van der Waals surface area contributed by atoms with Crippen LogP contribution in [0.15, 0.2) is 66.6 Å². The summed E-state index contributed by atoms with van der Waals surface area (Å²) in [5.74, 6) is 7.32. The van der Waals surface area contributed by atoms with Crippen molar-refractivity contribution >= 4 is 55.0 Å². The van der Waals surface area contributed by atoms with Gasteiger partial charge in [0, 0.05) is 26.2 Å². The zero-order valence-corrected chi connectivity index (χ0v) is 23.6. The van der Waals surface area contributed by atoms with Gasteiger partial charge in [0.25, 0.3) is 0 Å². The van der Waals surface area contributed by atoms with E-state index in [1.165, 1.54) is 40.1 Å². The van der Waals surface area contributed by atoms with Gasteiger partial charge < -0.3 is 5.11 Å². The van der Waals surface area contributed by atoms with Gasteiger partial charge in [-0.2, -0.15) is 0 Å². The maximum Gasteiger partial charge on any atom is 0 e. The maximum atomic E-state index is 10.0. The number of aromatic nitrogens is 1. The van der Waals surface area contributed by atoms with E-state index in [1.807, 2.05) is 29.7 Å². The van der Waals surface area contributed by atoms with Crippen LogP contribution in [0.3, 0.4) is 0 Å². The van der Waals surface area contributed by atoms with Gasteiger partial charge in [-0.15, -0.1) is 0 Å². The molecule has 0 aliphatic carbocycles. The number of benzene rings is 2. The SMILES string of the molecule is CC(=O)/C=C(/C)O.[CH3][Ge]([CH3])([CH3])[c]1cccc2c1sc1c(-c3[c-]cccc3)nccc12.[Ir]. The number of aliphatic hydroxyl groups is 1. The van der Waals surface area contributed by atoms with Gasteiger partial charge in [0.2, 0.25) is 0 Å². The van der Waals surface area contributed by atoms with Gasteiger partial charge in [-0.1, -0.05) is 0 Å². The summed E-state index contributed by atoms with van der Waals surface area (Å²) in [6.07, 6.45) is 3.09. The van der Waals surface area contributed by atoms with Gasteiger partial charge in [-0.25, -0.2) is 0 Å². The van der Waals surface area contributed by atoms with E-state index in [1.54, 1.807) is 4.40 Å². The Labute approximate surface area is 203 Å². The zero-order valence-electron chi connectivity index (χ0n) is 18.3. The molecule has 0 atom stereocenters. The van der Waals surface area contributed by atoms with E-state index in [0.717, 1.165) is 11.3 Å². The number of carbonyl (C=O) groups is 1.